The average Bonchev–Trinajstić information content (AvgIpc) is 2.89. The topological polar surface area (TPSA) is 255 Å². The Morgan fingerprint density at radius 2 is 1.35 bits per heavy atom. The van der Waals surface area contributed by atoms with Gasteiger partial charge < -0.3 is 74.8 Å². The van der Waals surface area contributed by atoms with Crippen LogP contribution in [0, 0.1) is 0 Å². The van der Waals surface area contributed by atoms with Crippen LogP contribution in [0.4, 0.5) is 0 Å². The van der Waals surface area contributed by atoms with Gasteiger partial charge in [-0.3, -0.25) is 9.59 Å². The maximum absolute atomic E-state index is 11.9. The van der Waals surface area contributed by atoms with Crippen molar-refractivity contribution in [2.75, 3.05) is 20.3 Å². The number of aliphatic hydroxyl groups excluding tert-OH is 7. The first-order valence-corrected chi connectivity index (χ1v) is 12.8. The van der Waals surface area contributed by atoms with Crippen molar-refractivity contribution < 1.29 is 73.8 Å². The van der Waals surface area contributed by atoms with Crippen LogP contribution in [-0.2, 0) is 38.0 Å². The number of nitrogens with one attached hydrogen (secondary N) is 2. The molecule has 15 atom stereocenters. The van der Waals surface area contributed by atoms with Crippen LogP contribution in [0.1, 0.15) is 20.8 Å². The number of ether oxygens (including phenoxy) is 6. The molecule has 2 amide bonds. The number of carbonyl (C=O) groups is 2. The van der Waals surface area contributed by atoms with Gasteiger partial charge in [0.2, 0.25) is 11.8 Å². The van der Waals surface area contributed by atoms with Gasteiger partial charge in [-0.2, -0.15) is 0 Å². The Bertz CT molecular complexity index is 853. The molecule has 3 fully saturated rings. The van der Waals surface area contributed by atoms with E-state index in [1.165, 1.54) is 21.0 Å². The minimum atomic E-state index is -1.75. The van der Waals surface area contributed by atoms with Crippen molar-refractivity contribution in [3.63, 3.8) is 0 Å². The molecule has 3 rings (SSSR count). The molecule has 17 heteroatoms. The summed E-state index contributed by atoms with van der Waals surface area (Å²) in [7, 11) is 1.27. The Morgan fingerprint density at radius 3 is 1.93 bits per heavy atom. The Labute approximate surface area is 229 Å². The zero-order valence-corrected chi connectivity index (χ0v) is 22.5. The van der Waals surface area contributed by atoms with Crippen LogP contribution in [0.3, 0.4) is 0 Å². The monoisotopic (exact) mass is 584 g/mol. The molecule has 40 heavy (non-hydrogen) atoms. The first kappa shape index (κ1) is 32.9. The van der Waals surface area contributed by atoms with Crippen LogP contribution in [0.15, 0.2) is 0 Å². The molecule has 0 aromatic rings. The minimum absolute atomic E-state index is 0.521. The lowest BCUT2D eigenvalue weighted by Crippen LogP contribution is -2.69. The Morgan fingerprint density at radius 1 is 0.750 bits per heavy atom. The first-order chi connectivity index (χ1) is 18.8. The third-order valence-electron chi connectivity index (χ3n) is 7.08. The number of amides is 2. The molecule has 0 aromatic heterocycles. The van der Waals surface area contributed by atoms with Crippen LogP contribution in [0.5, 0.6) is 0 Å². The molecule has 0 bridgehead atoms. The quantitative estimate of drug-likeness (QED) is 0.122. The summed E-state index contributed by atoms with van der Waals surface area (Å²) >= 11 is 0. The summed E-state index contributed by atoms with van der Waals surface area (Å²) in [6.07, 6.45) is -18.3. The highest BCUT2D eigenvalue weighted by molar-refractivity contribution is 5.73. The van der Waals surface area contributed by atoms with Gasteiger partial charge in [0.05, 0.1) is 19.3 Å². The van der Waals surface area contributed by atoms with Crippen molar-refractivity contribution in [2.24, 2.45) is 0 Å². The molecule has 232 valence electrons. The van der Waals surface area contributed by atoms with Crippen LogP contribution in [-0.4, -0.2) is 160 Å². The highest BCUT2D eigenvalue weighted by atomic mass is 16.7. The molecule has 3 aliphatic rings. The summed E-state index contributed by atoms with van der Waals surface area (Å²) in [5.41, 5.74) is 0. The van der Waals surface area contributed by atoms with E-state index in [4.69, 9.17) is 28.4 Å². The molecule has 3 aliphatic heterocycles. The third-order valence-corrected chi connectivity index (χ3v) is 7.08. The Balaban J connectivity index is 1.86. The molecule has 0 aliphatic carbocycles. The third kappa shape index (κ3) is 7.24. The summed E-state index contributed by atoms with van der Waals surface area (Å²) in [6, 6.07) is -2.65. The number of methoxy groups -OCH3 is 1. The molecule has 0 saturated carbocycles. The summed E-state index contributed by atoms with van der Waals surface area (Å²) in [5, 5.41) is 77.4. The number of carbonyl (C=O) groups excluding carboxylic acids is 2. The number of rotatable bonds is 9. The molecular formula is C23H40N2O15. The highest BCUT2D eigenvalue weighted by Gasteiger charge is 2.52. The van der Waals surface area contributed by atoms with E-state index in [9.17, 15) is 45.3 Å². The van der Waals surface area contributed by atoms with Gasteiger partial charge in [-0.25, -0.2) is 0 Å². The molecule has 3 heterocycles. The van der Waals surface area contributed by atoms with Crippen LogP contribution in [0.25, 0.3) is 0 Å². The summed E-state index contributed by atoms with van der Waals surface area (Å²) in [5.74, 6) is -1.17. The van der Waals surface area contributed by atoms with Crippen LogP contribution in [0.2, 0.25) is 0 Å². The molecule has 0 spiro atoms. The lowest BCUT2D eigenvalue weighted by Gasteiger charge is -2.48. The fourth-order valence-corrected chi connectivity index (χ4v) is 4.99. The van der Waals surface area contributed by atoms with E-state index >= 15 is 0 Å². The normalized spacial score (nSPS) is 46.0. The molecular weight excluding hydrogens is 544 g/mol. The smallest absolute Gasteiger partial charge is 0.217 e. The van der Waals surface area contributed by atoms with Crippen molar-refractivity contribution in [1.82, 2.24) is 10.6 Å². The average molecular weight is 585 g/mol. The molecule has 0 aromatic carbocycles. The van der Waals surface area contributed by atoms with E-state index in [-0.39, 0.29) is 0 Å². The SMILES string of the molecule is CO[C@H]1C(O)C(NC(C)=O)C(OC2C(CO[C@@H]3OC(C)C(O)[C@H](O)[C@H]3O)OC(O)[C@@H](NC(C)=O)[C@H]2O)O[C@H]1CO. The zero-order valence-electron chi connectivity index (χ0n) is 22.5. The second-order valence-corrected chi connectivity index (χ2v) is 10.0. The zero-order chi connectivity index (χ0) is 29.9. The maximum atomic E-state index is 11.9. The molecule has 9 N–H and O–H groups in total. The van der Waals surface area contributed by atoms with Gasteiger partial charge in [-0.05, 0) is 6.92 Å². The lowest BCUT2D eigenvalue weighted by atomic mass is 9.94. The van der Waals surface area contributed by atoms with E-state index in [1.54, 1.807) is 0 Å². The summed E-state index contributed by atoms with van der Waals surface area (Å²) in [4.78, 5) is 23.6. The van der Waals surface area contributed by atoms with Gasteiger partial charge >= 0.3 is 0 Å². The van der Waals surface area contributed by atoms with Crippen molar-refractivity contribution in [1.29, 1.82) is 0 Å². The summed E-state index contributed by atoms with van der Waals surface area (Å²) in [6.45, 7) is 2.66. The number of aliphatic hydroxyl groups is 7. The standard InChI is InChI=1S/C23H40N2O15/c1-7-14(29)17(32)18(33)23(37-7)36-6-11-20(15(30)12(21(34)38-11)24-8(2)27)40-22-13(25-9(3)28)16(31)19(35-4)10(5-26)39-22/h7,10-23,26,29-34H,5-6H2,1-4H3,(H,24,27)(H,25,28)/t7?,10-,11?,12-,13?,14?,15+,16?,17-,18+,19+,20?,21?,22?,23+/m0/s1. The van der Waals surface area contributed by atoms with Crippen molar-refractivity contribution in [3.8, 4) is 0 Å². The van der Waals surface area contributed by atoms with E-state index in [0.29, 0.717) is 0 Å². The van der Waals surface area contributed by atoms with Gasteiger partial charge in [-0.15, -0.1) is 0 Å². The first-order valence-electron chi connectivity index (χ1n) is 12.8. The number of hydrogen-bond donors (Lipinski definition) is 9. The van der Waals surface area contributed by atoms with Crippen molar-refractivity contribution in [3.05, 3.63) is 0 Å². The predicted octanol–water partition coefficient (Wildman–Crippen LogP) is -5.60. The lowest BCUT2D eigenvalue weighted by molar-refractivity contribution is -0.341. The van der Waals surface area contributed by atoms with E-state index in [0.717, 1.165) is 6.92 Å². The summed E-state index contributed by atoms with van der Waals surface area (Å²) < 4.78 is 33.5. The van der Waals surface area contributed by atoms with E-state index in [1.807, 2.05) is 0 Å². The minimum Gasteiger partial charge on any atom is -0.394 e. The fourth-order valence-electron chi connectivity index (χ4n) is 4.99. The second kappa shape index (κ2) is 14.1. The largest absolute Gasteiger partial charge is 0.394 e. The van der Waals surface area contributed by atoms with Crippen LogP contribution >= 0.6 is 0 Å². The van der Waals surface area contributed by atoms with Crippen molar-refractivity contribution >= 4 is 11.8 Å². The molecule has 8 unspecified atom stereocenters. The molecule has 3 saturated heterocycles. The Kier molecular flexibility index (Phi) is 11.6. The number of hydrogen-bond acceptors (Lipinski definition) is 15. The van der Waals surface area contributed by atoms with Gasteiger partial charge in [0.15, 0.2) is 18.9 Å². The van der Waals surface area contributed by atoms with E-state index < -0.39 is 117 Å². The van der Waals surface area contributed by atoms with Gasteiger partial charge in [0.25, 0.3) is 0 Å². The van der Waals surface area contributed by atoms with Gasteiger partial charge in [0.1, 0.15) is 67.0 Å². The fraction of sp³-hybridized carbons (Fsp3) is 0.913. The van der Waals surface area contributed by atoms with Gasteiger partial charge in [-0.1, -0.05) is 0 Å². The van der Waals surface area contributed by atoms with E-state index in [2.05, 4.69) is 10.6 Å². The van der Waals surface area contributed by atoms with Gasteiger partial charge in [0, 0.05) is 21.0 Å². The van der Waals surface area contributed by atoms with Crippen LogP contribution < -0.4 is 10.6 Å². The van der Waals surface area contributed by atoms with Crippen molar-refractivity contribution in [2.45, 2.75) is 113 Å². The maximum Gasteiger partial charge on any atom is 0.217 e. The molecule has 17 nitrogen and oxygen atoms in total. The molecule has 0 radical (unpaired) electrons. The predicted molar refractivity (Wildman–Crippen MR) is 128 cm³/mol. The highest BCUT2D eigenvalue weighted by Crippen LogP contribution is 2.31. The Hall–Kier alpha value is -1.58. The second-order valence-electron chi connectivity index (χ2n) is 10.0.